The number of aryl methyl sites for hydroxylation is 1. The summed E-state index contributed by atoms with van der Waals surface area (Å²) in [6, 6.07) is 8.11. The Morgan fingerprint density at radius 2 is 1.84 bits per heavy atom. The predicted octanol–water partition coefficient (Wildman–Crippen LogP) is 2.95. The van der Waals surface area contributed by atoms with Crippen LogP contribution < -0.4 is 0 Å². The summed E-state index contributed by atoms with van der Waals surface area (Å²) in [6.45, 7) is 11.3. The van der Waals surface area contributed by atoms with Gasteiger partial charge >= 0.3 is 0 Å². The van der Waals surface area contributed by atoms with Crippen LogP contribution in [0.25, 0.3) is 5.69 Å². The zero-order valence-electron chi connectivity index (χ0n) is 15.6. The predicted molar refractivity (Wildman–Crippen MR) is 96.1 cm³/mol. The van der Waals surface area contributed by atoms with Gasteiger partial charge in [0.1, 0.15) is 5.82 Å². The minimum atomic E-state index is -0.133. The summed E-state index contributed by atoms with van der Waals surface area (Å²) in [5, 5.41) is 4.52. The lowest BCUT2D eigenvalue weighted by atomic mass is 10.0. The zero-order chi connectivity index (χ0) is 18.1. The molecule has 1 aliphatic heterocycles. The fourth-order valence-corrected chi connectivity index (χ4v) is 3.36. The summed E-state index contributed by atoms with van der Waals surface area (Å²) in [5.74, 6) is 1.19. The van der Waals surface area contributed by atoms with Crippen LogP contribution in [-0.2, 0) is 4.74 Å². The Bertz CT molecular complexity index is 759. The Hall–Kier alpha value is -2.21. The van der Waals surface area contributed by atoms with Crippen LogP contribution in [0.3, 0.4) is 0 Å². The molecule has 6 heteroatoms. The zero-order valence-corrected chi connectivity index (χ0v) is 15.6. The molecule has 0 spiro atoms. The van der Waals surface area contributed by atoms with Crippen molar-refractivity contribution in [1.29, 1.82) is 0 Å². The third-order valence-electron chi connectivity index (χ3n) is 4.45. The Balaban J connectivity index is 1.92. The third-order valence-corrected chi connectivity index (χ3v) is 4.45. The first-order chi connectivity index (χ1) is 11.9. The van der Waals surface area contributed by atoms with Crippen molar-refractivity contribution < 1.29 is 9.53 Å². The largest absolute Gasteiger partial charge is 0.372 e. The smallest absolute Gasteiger partial charge is 0.293 e. The average Bonchev–Trinajstić information content (AvgIpc) is 2.95. The molecule has 0 saturated carbocycles. The van der Waals surface area contributed by atoms with Gasteiger partial charge in [0.2, 0.25) is 5.82 Å². The van der Waals surface area contributed by atoms with Crippen molar-refractivity contribution in [3.8, 4) is 5.69 Å². The third kappa shape index (κ3) is 3.58. The molecule has 134 valence electrons. The maximum atomic E-state index is 12.8. The normalized spacial score (nSPS) is 21.0. The van der Waals surface area contributed by atoms with Crippen LogP contribution in [-0.4, -0.2) is 50.9 Å². The van der Waals surface area contributed by atoms with E-state index in [2.05, 4.69) is 30.0 Å². The lowest BCUT2D eigenvalue weighted by Crippen LogP contribution is -2.48. The average molecular weight is 342 g/mol. The first-order valence-corrected chi connectivity index (χ1v) is 8.84. The van der Waals surface area contributed by atoms with Crippen LogP contribution in [0.2, 0.25) is 0 Å². The maximum absolute atomic E-state index is 12.8. The quantitative estimate of drug-likeness (QED) is 0.860. The number of morpholine rings is 1. The molecule has 1 fully saturated rings. The molecule has 1 aromatic heterocycles. The topological polar surface area (TPSA) is 60.3 Å². The molecule has 2 heterocycles. The Morgan fingerprint density at radius 1 is 1.20 bits per heavy atom. The van der Waals surface area contributed by atoms with E-state index in [9.17, 15) is 4.79 Å². The second-order valence-electron chi connectivity index (χ2n) is 7.08. The number of hydrogen-bond donors (Lipinski definition) is 0. The minimum absolute atomic E-state index is 0.0255. The molecular formula is C19H26N4O2. The van der Waals surface area contributed by atoms with E-state index in [4.69, 9.17) is 4.74 Å². The van der Waals surface area contributed by atoms with Gasteiger partial charge in [-0.05, 0) is 38.3 Å². The van der Waals surface area contributed by atoms with Crippen LogP contribution in [0, 0.1) is 6.92 Å². The summed E-state index contributed by atoms with van der Waals surface area (Å²) in [4.78, 5) is 19.1. The van der Waals surface area contributed by atoms with Crippen LogP contribution in [0.15, 0.2) is 24.3 Å². The maximum Gasteiger partial charge on any atom is 0.293 e. The van der Waals surface area contributed by atoms with Crippen molar-refractivity contribution in [1.82, 2.24) is 19.7 Å². The molecule has 0 bridgehead atoms. The Morgan fingerprint density at radius 3 is 2.48 bits per heavy atom. The highest BCUT2D eigenvalue weighted by molar-refractivity contribution is 5.90. The second kappa shape index (κ2) is 6.96. The van der Waals surface area contributed by atoms with Crippen molar-refractivity contribution in [2.45, 2.75) is 52.7 Å². The number of carbonyl (C=O) groups is 1. The summed E-state index contributed by atoms with van der Waals surface area (Å²) < 4.78 is 7.48. The van der Waals surface area contributed by atoms with Gasteiger partial charge in [-0.25, -0.2) is 9.67 Å². The van der Waals surface area contributed by atoms with Crippen molar-refractivity contribution in [3.05, 3.63) is 41.5 Å². The number of amides is 1. The standard InChI is InChI=1S/C19H26N4O2/c1-12(2)16-8-6-7-9-17(16)23-15(5)20-18(21-23)19(24)22-10-13(3)25-14(4)11-22/h6-9,12-14H,10-11H2,1-5H3/t13-,14+. The molecule has 3 rings (SSSR count). The summed E-state index contributed by atoms with van der Waals surface area (Å²) in [6.07, 6.45) is 0.0510. The number of ether oxygens (including phenoxy) is 1. The molecule has 0 radical (unpaired) electrons. The van der Waals surface area contributed by atoms with E-state index in [0.717, 1.165) is 5.69 Å². The Kier molecular flexibility index (Phi) is 4.90. The van der Waals surface area contributed by atoms with Crippen molar-refractivity contribution in [3.63, 3.8) is 0 Å². The molecule has 1 aliphatic rings. The van der Waals surface area contributed by atoms with Gasteiger partial charge in [-0.15, -0.1) is 5.10 Å². The van der Waals surface area contributed by atoms with E-state index in [0.29, 0.717) is 24.8 Å². The Labute approximate surface area is 148 Å². The number of carbonyl (C=O) groups excluding carboxylic acids is 1. The molecule has 0 aliphatic carbocycles. The molecule has 1 aromatic carbocycles. The van der Waals surface area contributed by atoms with Gasteiger partial charge in [-0.3, -0.25) is 4.79 Å². The summed E-state index contributed by atoms with van der Waals surface area (Å²) >= 11 is 0. The lowest BCUT2D eigenvalue weighted by Gasteiger charge is -2.34. The second-order valence-corrected chi connectivity index (χ2v) is 7.08. The molecule has 25 heavy (non-hydrogen) atoms. The number of rotatable bonds is 3. The number of aromatic nitrogens is 3. The van der Waals surface area contributed by atoms with Gasteiger partial charge in [0.15, 0.2) is 0 Å². The minimum Gasteiger partial charge on any atom is -0.372 e. The molecular weight excluding hydrogens is 316 g/mol. The van der Waals surface area contributed by atoms with Gasteiger partial charge < -0.3 is 9.64 Å². The lowest BCUT2D eigenvalue weighted by molar-refractivity contribution is -0.0588. The van der Waals surface area contributed by atoms with E-state index in [-0.39, 0.29) is 23.9 Å². The number of hydrogen-bond acceptors (Lipinski definition) is 4. The molecule has 2 atom stereocenters. The van der Waals surface area contributed by atoms with Gasteiger partial charge in [0.25, 0.3) is 5.91 Å². The first-order valence-electron chi connectivity index (χ1n) is 8.84. The van der Waals surface area contributed by atoms with Crippen LogP contribution in [0.4, 0.5) is 0 Å². The van der Waals surface area contributed by atoms with Crippen molar-refractivity contribution in [2.24, 2.45) is 0 Å². The number of nitrogens with zero attached hydrogens (tertiary/aromatic N) is 4. The summed E-state index contributed by atoms with van der Waals surface area (Å²) in [7, 11) is 0. The molecule has 1 amide bonds. The van der Waals surface area contributed by atoms with Gasteiger partial charge in [0.05, 0.1) is 17.9 Å². The van der Waals surface area contributed by atoms with Crippen molar-refractivity contribution >= 4 is 5.91 Å². The fraction of sp³-hybridized carbons (Fsp3) is 0.526. The molecule has 1 saturated heterocycles. The van der Waals surface area contributed by atoms with Gasteiger partial charge in [0, 0.05) is 13.1 Å². The van der Waals surface area contributed by atoms with Crippen LogP contribution in [0.5, 0.6) is 0 Å². The SMILES string of the molecule is Cc1nc(C(=O)N2C[C@@H](C)O[C@@H](C)C2)nn1-c1ccccc1C(C)C. The van der Waals surface area contributed by atoms with Crippen LogP contribution in [0.1, 0.15) is 55.6 Å². The summed E-state index contributed by atoms with van der Waals surface area (Å²) in [5.41, 5.74) is 2.16. The molecule has 6 nitrogen and oxygen atoms in total. The number of para-hydroxylation sites is 1. The number of benzene rings is 1. The first kappa shape index (κ1) is 17.6. The molecule has 2 aromatic rings. The van der Waals surface area contributed by atoms with Gasteiger partial charge in [-0.1, -0.05) is 32.0 Å². The monoisotopic (exact) mass is 342 g/mol. The van der Waals surface area contributed by atoms with E-state index in [1.165, 1.54) is 5.56 Å². The van der Waals surface area contributed by atoms with E-state index in [1.807, 2.05) is 39.0 Å². The van der Waals surface area contributed by atoms with E-state index < -0.39 is 0 Å². The van der Waals surface area contributed by atoms with Gasteiger partial charge in [-0.2, -0.15) is 0 Å². The highest BCUT2D eigenvalue weighted by Gasteiger charge is 2.29. The van der Waals surface area contributed by atoms with Crippen molar-refractivity contribution in [2.75, 3.05) is 13.1 Å². The van der Waals surface area contributed by atoms with Crippen LogP contribution >= 0.6 is 0 Å². The molecule has 0 unspecified atom stereocenters. The molecule has 0 N–H and O–H groups in total. The fourth-order valence-electron chi connectivity index (χ4n) is 3.36. The van der Waals surface area contributed by atoms with E-state index >= 15 is 0 Å². The van der Waals surface area contributed by atoms with E-state index in [1.54, 1.807) is 9.58 Å². The highest BCUT2D eigenvalue weighted by atomic mass is 16.5. The highest BCUT2D eigenvalue weighted by Crippen LogP contribution is 2.23.